The van der Waals surface area contributed by atoms with Crippen molar-refractivity contribution in [2.75, 3.05) is 14.2 Å². The molecule has 1 aliphatic carbocycles. The first-order valence-corrected chi connectivity index (χ1v) is 7.00. The van der Waals surface area contributed by atoms with Crippen LogP contribution < -0.4 is 9.47 Å². The molecule has 0 amide bonds. The Hall–Kier alpha value is -2.39. The Morgan fingerprint density at radius 3 is 2.77 bits per heavy atom. The number of nitrogens with zero attached hydrogens (tertiary/aromatic N) is 4. The fraction of sp³-hybridized carbons (Fsp3) is 0.333. The molecule has 0 spiro atoms. The Morgan fingerprint density at radius 1 is 1.32 bits per heavy atom. The standard InChI is InChI=1S/C15H13ClN4O2/c1-4-8-5-9(8)10-6-12(19-20-13(10)16)11-7-17-15(22-3)18-14(11)21-2/h1,6-9H,5H2,2-3H3/t8-,9-/m0/s1. The minimum atomic E-state index is 0.212. The van der Waals surface area contributed by atoms with E-state index in [-0.39, 0.29) is 17.8 Å². The van der Waals surface area contributed by atoms with Gasteiger partial charge >= 0.3 is 6.01 Å². The Morgan fingerprint density at radius 2 is 2.14 bits per heavy atom. The van der Waals surface area contributed by atoms with Crippen molar-refractivity contribution in [3.8, 4) is 35.5 Å². The van der Waals surface area contributed by atoms with Crippen molar-refractivity contribution in [2.45, 2.75) is 12.3 Å². The molecule has 6 nitrogen and oxygen atoms in total. The summed E-state index contributed by atoms with van der Waals surface area (Å²) >= 11 is 6.14. The maximum Gasteiger partial charge on any atom is 0.319 e. The lowest BCUT2D eigenvalue weighted by molar-refractivity contribution is 0.353. The highest BCUT2D eigenvalue weighted by Crippen LogP contribution is 2.49. The zero-order valence-corrected chi connectivity index (χ0v) is 12.8. The zero-order valence-electron chi connectivity index (χ0n) is 12.1. The van der Waals surface area contributed by atoms with Gasteiger partial charge in [0.2, 0.25) is 5.88 Å². The van der Waals surface area contributed by atoms with E-state index in [9.17, 15) is 0 Å². The Bertz CT molecular complexity index is 760. The summed E-state index contributed by atoms with van der Waals surface area (Å²) < 4.78 is 10.3. The van der Waals surface area contributed by atoms with E-state index in [4.69, 9.17) is 27.5 Å². The van der Waals surface area contributed by atoms with Crippen LogP contribution in [0.3, 0.4) is 0 Å². The largest absolute Gasteiger partial charge is 0.480 e. The van der Waals surface area contributed by atoms with Gasteiger partial charge in [0.15, 0.2) is 5.15 Å². The quantitative estimate of drug-likeness (QED) is 0.806. The van der Waals surface area contributed by atoms with Gasteiger partial charge < -0.3 is 9.47 Å². The number of methoxy groups -OCH3 is 2. The maximum atomic E-state index is 6.14. The monoisotopic (exact) mass is 316 g/mol. The van der Waals surface area contributed by atoms with Gasteiger partial charge in [0, 0.05) is 18.0 Å². The minimum Gasteiger partial charge on any atom is -0.480 e. The summed E-state index contributed by atoms with van der Waals surface area (Å²) in [5.74, 6) is 3.54. The molecule has 0 aromatic carbocycles. The van der Waals surface area contributed by atoms with Crippen molar-refractivity contribution in [2.24, 2.45) is 5.92 Å². The van der Waals surface area contributed by atoms with Gasteiger partial charge in [0.25, 0.3) is 0 Å². The Kier molecular flexibility index (Phi) is 3.82. The predicted octanol–water partition coefficient (Wildman–Crippen LogP) is 2.34. The molecule has 2 aromatic heterocycles. The van der Waals surface area contributed by atoms with Gasteiger partial charge in [-0.1, -0.05) is 11.6 Å². The third kappa shape index (κ3) is 2.55. The normalized spacial score (nSPS) is 19.4. The second-order valence-corrected chi connectivity index (χ2v) is 5.23. The van der Waals surface area contributed by atoms with Crippen molar-refractivity contribution in [3.63, 3.8) is 0 Å². The van der Waals surface area contributed by atoms with E-state index < -0.39 is 0 Å². The van der Waals surface area contributed by atoms with Crippen molar-refractivity contribution in [1.82, 2.24) is 20.2 Å². The summed E-state index contributed by atoms with van der Waals surface area (Å²) in [6.45, 7) is 0. The van der Waals surface area contributed by atoms with Gasteiger partial charge in [-0.05, 0) is 18.1 Å². The molecule has 112 valence electrons. The van der Waals surface area contributed by atoms with Crippen LogP contribution in [0.2, 0.25) is 5.15 Å². The van der Waals surface area contributed by atoms with Crippen molar-refractivity contribution in [1.29, 1.82) is 0 Å². The highest BCUT2D eigenvalue weighted by molar-refractivity contribution is 6.30. The van der Waals surface area contributed by atoms with Gasteiger partial charge in [0.1, 0.15) is 5.69 Å². The minimum absolute atomic E-state index is 0.212. The first-order valence-electron chi connectivity index (χ1n) is 6.62. The molecular formula is C15H13ClN4O2. The lowest BCUT2D eigenvalue weighted by Gasteiger charge is -2.09. The van der Waals surface area contributed by atoms with Gasteiger partial charge in [-0.15, -0.1) is 22.5 Å². The topological polar surface area (TPSA) is 70.0 Å². The molecule has 0 bridgehead atoms. The van der Waals surface area contributed by atoms with Crippen LogP contribution >= 0.6 is 11.6 Å². The van der Waals surface area contributed by atoms with Crippen molar-refractivity contribution < 1.29 is 9.47 Å². The van der Waals surface area contributed by atoms with Crippen LogP contribution in [-0.4, -0.2) is 34.4 Å². The van der Waals surface area contributed by atoms with E-state index in [1.807, 2.05) is 6.07 Å². The zero-order chi connectivity index (χ0) is 15.7. The molecule has 1 fully saturated rings. The molecule has 1 saturated carbocycles. The van der Waals surface area contributed by atoms with E-state index >= 15 is 0 Å². The summed E-state index contributed by atoms with van der Waals surface area (Å²) in [5.41, 5.74) is 2.10. The molecule has 0 unspecified atom stereocenters. The molecule has 2 heterocycles. The molecule has 2 aromatic rings. The number of rotatable bonds is 4. The number of hydrogen-bond donors (Lipinski definition) is 0. The lowest BCUT2D eigenvalue weighted by atomic mass is 10.1. The summed E-state index contributed by atoms with van der Waals surface area (Å²) in [6, 6.07) is 2.09. The van der Waals surface area contributed by atoms with E-state index in [1.165, 1.54) is 14.2 Å². The van der Waals surface area contributed by atoms with Crippen LogP contribution in [0, 0.1) is 18.3 Å². The summed E-state index contributed by atoms with van der Waals surface area (Å²) in [5, 5.41) is 8.48. The van der Waals surface area contributed by atoms with Crippen LogP contribution in [0.15, 0.2) is 12.3 Å². The van der Waals surface area contributed by atoms with Crippen molar-refractivity contribution in [3.05, 3.63) is 23.0 Å². The van der Waals surface area contributed by atoms with E-state index in [2.05, 4.69) is 26.1 Å². The van der Waals surface area contributed by atoms with E-state index in [1.54, 1.807) is 6.20 Å². The number of halogens is 1. The highest BCUT2D eigenvalue weighted by Gasteiger charge is 2.39. The molecular weight excluding hydrogens is 304 g/mol. The molecule has 0 N–H and O–H groups in total. The fourth-order valence-electron chi connectivity index (χ4n) is 2.29. The summed E-state index contributed by atoms with van der Waals surface area (Å²) in [6.07, 6.45) is 7.95. The molecule has 7 heteroatoms. The van der Waals surface area contributed by atoms with Gasteiger partial charge in [-0.2, -0.15) is 4.98 Å². The molecule has 1 aliphatic rings. The van der Waals surface area contributed by atoms with Crippen LogP contribution in [0.5, 0.6) is 11.9 Å². The van der Waals surface area contributed by atoms with Gasteiger partial charge in [-0.3, -0.25) is 0 Å². The Balaban J connectivity index is 2.02. The first kappa shape index (κ1) is 14.5. The summed E-state index contributed by atoms with van der Waals surface area (Å²) in [7, 11) is 3.01. The van der Waals surface area contributed by atoms with Crippen LogP contribution in [0.1, 0.15) is 17.9 Å². The van der Waals surface area contributed by atoms with Crippen LogP contribution in [-0.2, 0) is 0 Å². The predicted molar refractivity (Wildman–Crippen MR) is 80.9 cm³/mol. The second kappa shape index (κ2) is 5.78. The van der Waals surface area contributed by atoms with Crippen LogP contribution in [0.25, 0.3) is 11.3 Å². The van der Waals surface area contributed by atoms with E-state index in [0.29, 0.717) is 22.3 Å². The lowest BCUT2D eigenvalue weighted by Crippen LogP contribution is -2.00. The highest BCUT2D eigenvalue weighted by atomic mass is 35.5. The van der Waals surface area contributed by atoms with Gasteiger partial charge in [0.05, 0.1) is 19.8 Å². The average Bonchev–Trinajstić information content (AvgIpc) is 3.34. The molecule has 22 heavy (non-hydrogen) atoms. The number of ether oxygens (including phenoxy) is 2. The second-order valence-electron chi connectivity index (χ2n) is 4.87. The molecule has 0 radical (unpaired) electrons. The number of hydrogen-bond acceptors (Lipinski definition) is 6. The number of terminal acetylenes is 1. The van der Waals surface area contributed by atoms with Crippen molar-refractivity contribution >= 4 is 11.6 Å². The molecule has 2 atom stereocenters. The average molecular weight is 317 g/mol. The maximum absolute atomic E-state index is 6.14. The molecule has 0 saturated heterocycles. The SMILES string of the molecule is C#C[C@H]1C[C@@H]1c1cc(-c2cnc(OC)nc2OC)nnc1Cl. The summed E-state index contributed by atoms with van der Waals surface area (Å²) in [4.78, 5) is 8.22. The number of aromatic nitrogens is 4. The van der Waals surface area contributed by atoms with E-state index in [0.717, 1.165) is 12.0 Å². The molecule has 3 rings (SSSR count). The third-order valence-electron chi connectivity index (χ3n) is 3.56. The van der Waals surface area contributed by atoms with Gasteiger partial charge in [-0.25, -0.2) is 4.98 Å². The smallest absolute Gasteiger partial charge is 0.319 e. The molecule has 0 aliphatic heterocycles. The van der Waals surface area contributed by atoms with Crippen LogP contribution in [0.4, 0.5) is 0 Å². The fourth-order valence-corrected chi connectivity index (χ4v) is 2.52. The Labute approximate surface area is 132 Å². The first-order chi connectivity index (χ1) is 10.7. The third-order valence-corrected chi connectivity index (χ3v) is 3.86.